The maximum atomic E-state index is 13.9. The largest absolute Gasteiger partial charge is 0.502 e. The van der Waals surface area contributed by atoms with E-state index in [4.69, 9.17) is 19.2 Å². The number of thiophene rings is 1. The number of phenols is 1. The van der Waals surface area contributed by atoms with Gasteiger partial charge in [-0.05, 0) is 67.6 Å². The average molecular weight is 581 g/mol. The second-order valence-electron chi connectivity index (χ2n) is 8.98. The Morgan fingerprint density at radius 2 is 1.82 bits per heavy atom. The first-order chi connectivity index (χ1) is 19.4. The van der Waals surface area contributed by atoms with Crippen LogP contribution >= 0.6 is 23.1 Å². The van der Waals surface area contributed by atoms with Crippen LogP contribution in [0.15, 0.2) is 51.5 Å². The molecule has 0 saturated carbocycles. The van der Waals surface area contributed by atoms with Gasteiger partial charge in [-0.1, -0.05) is 11.8 Å². The third kappa shape index (κ3) is 5.50. The number of nitrogens with one attached hydrogen (secondary N) is 1. The number of rotatable bonds is 9. The molecular formula is C28H28N4O6S2. The van der Waals surface area contributed by atoms with E-state index >= 15 is 0 Å². The second-order valence-corrected chi connectivity index (χ2v) is 11.0. The number of methoxy groups -OCH3 is 3. The Morgan fingerprint density at radius 3 is 2.50 bits per heavy atom. The van der Waals surface area contributed by atoms with Crippen LogP contribution in [-0.4, -0.2) is 53.9 Å². The zero-order valence-electron chi connectivity index (χ0n) is 22.2. The Hall–Kier alpha value is -4.03. The molecule has 0 fully saturated rings. The van der Waals surface area contributed by atoms with E-state index in [-0.39, 0.29) is 34.5 Å². The van der Waals surface area contributed by atoms with Gasteiger partial charge in [-0.15, -0.1) is 11.3 Å². The second kappa shape index (κ2) is 12.0. The maximum Gasteiger partial charge on any atom is 0.267 e. The van der Waals surface area contributed by atoms with Gasteiger partial charge in [0.25, 0.3) is 11.5 Å². The first-order valence-corrected chi connectivity index (χ1v) is 14.3. The Labute approximate surface area is 238 Å². The lowest BCUT2D eigenvalue weighted by molar-refractivity contribution is -0.118. The predicted molar refractivity (Wildman–Crippen MR) is 156 cm³/mol. The predicted octanol–water partition coefficient (Wildman–Crippen LogP) is 4.30. The molecule has 0 saturated heterocycles. The van der Waals surface area contributed by atoms with Crippen molar-refractivity contribution in [2.75, 3.05) is 27.1 Å². The number of ether oxygens (including phenoxy) is 3. The van der Waals surface area contributed by atoms with Gasteiger partial charge in [-0.25, -0.2) is 10.4 Å². The molecule has 1 aliphatic rings. The summed E-state index contributed by atoms with van der Waals surface area (Å²) in [7, 11) is 4.44. The zero-order valence-corrected chi connectivity index (χ0v) is 23.9. The van der Waals surface area contributed by atoms with E-state index < -0.39 is 0 Å². The molecule has 0 atom stereocenters. The molecule has 208 valence electrons. The number of hydrogen-bond acceptors (Lipinski definition) is 10. The third-order valence-corrected chi connectivity index (χ3v) is 8.65. The molecule has 12 heteroatoms. The van der Waals surface area contributed by atoms with E-state index in [0.717, 1.165) is 43.0 Å². The average Bonchev–Trinajstić information content (AvgIpc) is 3.35. The molecule has 5 rings (SSSR count). The van der Waals surface area contributed by atoms with E-state index in [2.05, 4.69) is 10.5 Å². The molecule has 4 aromatic rings. The fourth-order valence-electron chi connectivity index (χ4n) is 4.57. The van der Waals surface area contributed by atoms with Gasteiger partial charge in [-0.2, -0.15) is 5.10 Å². The normalized spacial score (nSPS) is 12.9. The molecule has 0 unspecified atom stereocenters. The molecule has 2 aromatic heterocycles. The maximum absolute atomic E-state index is 13.9. The quantitative estimate of drug-likeness (QED) is 0.130. The number of hydrogen-bond donors (Lipinski definition) is 2. The highest BCUT2D eigenvalue weighted by atomic mass is 32.2. The van der Waals surface area contributed by atoms with E-state index in [9.17, 15) is 14.7 Å². The number of aryl methyl sites for hydroxylation is 2. The molecule has 2 N–H and O–H groups in total. The van der Waals surface area contributed by atoms with Crippen molar-refractivity contribution in [2.24, 2.45) is 5.10 Å². The fourth-order valence-corrected chi connectivity index (χ4v) is 6.68. The van der Waals surface area contributed by atoms with Crippen LogP contribution in [-0.2, 0) is 17.6 Å². The molecule has 10 nitrogen and oxygen atoms in total. The number of thioether (sulfide) groups is 1. The minimum atomic E-state index is -0.375. The number of carbonyl (C=O) groups excluding carboxylic acids is 1. The SMILES string of the molecule is COc1ccc(-n2c(SCC(=O)N/N=C/c3cc(OC)c(O)c(OC)c3)nc3sc4c(c3c2=O)CCCC4)cc1. The Bertz CT molecular complexity index is 1620. The summed E-state index contributed by atoms with van der Waals surface area (Å²) in [6, 6.07) is 10.3. The van der Waals surface area contributed by atoms with Crippen molar-refractivity contribution < 1.29 is 24.1 Å². The molecule has 1 aliphatic carbocycles. The topological polar surface area (TPSA) is 124 Å². The van der Waals surface area contributed by atoms with E-state index in [1.807, 2.05) is 0 Å². The number of nitrogens with zero attached hydrogens (tertiary/aromatic N) is 3. The number of benzene rings is 2. The first kappa shape index (κ1) is 27.5. The summed E-state index contributed by atoms with van der Waals surface area (Å²) in [5, 5.41) is 15.2. The molecule has 0 radical (unpaired) electrons. The monoisotopic (exact) mass is 580 g/mol. The Kier molecular flexibility index (Phi) is 8.27. The number of aromatic hydroxyl groups is 1. The zero-order chi connectivity index (χ0) is 28.2. The summed E-state index contributed by atoms with van der Waals surface area (Å²) < 4.78 is 17.1. The van der Waals surface area contributed by atoms with Crippen molar-refractivity contribution in [3.63, 3.8) is 0 Å². The highest BCUT2D eigenvalue weighted by molar-refractivity contribution is 7.99. The van der Waals surface area contributed by atoms with Gasteiger partial charge in [0.15, 0.2) is 16.7 Å². The van der Waals surface area contributed by atoms with Crippen LogP contribution in [0.3, 0.4) is 0 Å². The van der Waals surface area contributed by atoms with Crippen molar-refractivity contribution in [1.82, 2.24) is 15.0 Å². The van der Waals surface area contributed by atoms with Crippen LogP contribution in [0.4, 0.5) is 0 Å². The van der Waals surface area contributed by atoms with E-state index in [0.29, 0.717) is 32.4 Å². The highest BCUT2D eigenvalue weighted by Gasteiger charge is 2.23. The third-order valence-electron chi connectivity index (χ3n) is 6.53. The number of fused-ring (bicyclic) bond motifs is 3. The minimum absolute atomic E-state index is 0.0151. The molecule has 2 aromatic carbocycles. The summed E-state index contributed by atoms with van der Waals surface area (Å²) in [6.07, 6.45) is 5.42. The highest BCUT2D eigenvalue weighted by Crippen LogP contribution is 2.37. The van der Waals surface area contributed by atoms with Crippen LogP contribution in [0.1, 0.15) is 28.8 Å². The Morgan fingerprint density at radius 1 is 1.12 bits per heavy atom. The van der Waals surface area contributed by atoms with Crippen molar-refractivity contribution in [1.29, 1.82) is 0 Å². The summed E-state index contributed by atoms with van der Waals surface area (Å²) in [6.45, 7) is 0. The lowest BCUT2D eigenvalue weighted by atomic mass is 9.97. The number of hydrazone groups is 1. The Balaban J connectivity index is 1.40. The number of carbonyl (C=O) groups is 1. The molecule has 0 bridgehead atoms. The van der Waals surface area contributed by atoms with Gasteiger partial charge in [0.05, 0.1) is 44.4 Å². The number of amides is 1. The summed E-state index contributed by atoms with van der Waals surface area (Å²) in [5.74, 6) is 0.598. The van der Waals surface area contributed by atoms with Crippen LogP contribution in [0.2, 0.25) is 0 Å². The van der Waals surface area contributed by atoms with Gasteiger partial charge in [0.2, 0.25) is 5.75 Å². The van der Waals surface area contributed by atoms with Crippen LogP contribution in [0, 0.1) is 0 Å². The molecular weight excluding hydrogens is 552 g/mol. The first-order valence-electron chi connectivity index (χ1n) is 12.5. The molecule has 40 heavy (non-hydrogen) atoms. The van der Waals surface area contributed by atoms with Crippen molar-refractivity contribution in [3.8, 4) is 28.7 Å². The molecule has 0 aliphatic heterocycles. The van der Waals surface area contributed by atoms with Gasteiger partial charge in [0.1, 0.15) is 10.6 Å². The standard InChI is InChI=1S/C28H28N4O6S2/c1-36-18-10-8-17(9-11-18)32-27(35)24-19-6-4-5-7-22(19)40-26(24)30-28(32)39-15-23(33)31-29-14-16-12-20(37-2)25(34)21(13-16)38-3/h8-14,34H,4-7,15H2,1-3H3,(H,31,33)/b29-14+. The molecule has 1 amide bonds. The van der Waals surface area contributed by atoms with Gasteiger partial charge >= 0.3 is 0 Å². The van der Waals surface area contributed by atoms with Crippen molar-refractivity contribution in [3.05, 3.63) is 62.8 Å². The molecule has 2 heterocycles. The van der Waals surface area contributed by atoms with Crippen LogP contribution in [0.25, 0.3) is 15.9 Å². The van der Waals surface area contributed by atoms with Crippen LogP contribution < -0.4 is 25.2 Å². The summed E-state index contributed by atoms with van der Waals surface area (Å²) >= 11 is 2.73. The van der Waals surface area contributed by atoms with E-state index in [1.54, 1.807) is 59.4 Å². The lowest BCUT2D eigenvalue weighted by Gasteiger charge is -2.14. The van der Waals surface area contributed by atoms with Crippen molar-refractivity contribution >= 4 is 45.4 Å². The fraction of sp³-hybridized carbons (Fsp3) is 0.286. The van der Waals surface area contributed by atoms with Crippen LogP contribution in [0.5, 0.6) is 23.0 Å². The van der Waals surface area contributed by atoms with Gasteiger partial charge < -0.3 is 19.3 Å². The van der Waals surface area contributed by atoms with Crippen molar-refractivity contribution in [2.45, 2.75) is 30.8 Å². The van der Waals surface area contributed by atoms with E-state index in [1.165, 1.54) is 25.3 Å². The lowest BCUT2D eigenvalue weighted by Crippen LogP contribution is -2.24. The molecule has 0 spiro atoms. The van der Waals surface area contributed by atoms with Gasteiger partial charge in [-0.3, -0.25) is 14.2 Å². The number of aromatic nitrogens is 2. The summed E-state index contributed by atoms with van der Waals surface area (Å²) in [4.78, 5) is 33.3. The number of phenolic OH excluding ortho intramolecular Hbond substituents is 1. The van der Waals surface area contributed by atoms with Gasteiger partial charge in [0, 0.05) is 10.4 Å². The minimum Gasteiger partial charge on any atom is -0.502 e. The summed E-state index contributed by atoms with van der Waals surface area (Å²) in [5.41, 5.74) is 4.67. The smallest absolute Gasteiger partial charge is 0.267 e.